The number of methoxy groups -OCH3 is 1. The minimum atomic E-state index is 0.268. The number of amidine groups is 1. The van der Waals surface area contributed by atoms with Gasteiger partial charge in [0.1, 0.15) is 5.75 Å². The molecular formula is C16H24N2OS. The average molecular weight is 292 g/mol. The summed E-state index contributed by atoms with van der Waals surface area (Å²) in [6, 6.07) is 8.46. The van der Waals surface area contributed by atoms with Crippen molar-refractivity contribution in [3.63, 3.8) is 0 Å². The van der Waals surface area contributed by atoms with Crippen molar-refractivity contribution in [2.45, 2.75) is 38.5 Å². The van der Waals surface area contributed by atoms with Crippen LogP contribution in [-0.2, 0) is 0 Å². The number of thioether (sulfide) groups is 1. The topological polar surface area (TPSA) is 33.6 Å². The van der Waals surface area contributed by atoms with E-state index in [1.165, 1.54) is 12.0 Å². The van der Waals surface area contributed by atoms with Gasteiger partial charge in [-0.1, -0.05) is 37.7 Å². The van der Waals surface area contributed by atoms with Crippen molar-refractivity contribution in [3.8, 4) is 5.75 Å². The second-order valence-corrected chi connectivity index (χ2v) is 6.94. The van der Waals surface area contributed by atoms with Gasteiger partial charge in [-0.3, -0.25) is 4.99 Å². The summed E-state index contributed by atoms with van der Waals surface area (Å²) in [5, 5.41) is 5.23. The minimum absolute atomic E-state index is 0.268. The van der Waals surface area contributed by atoms with E-state index in [0.717, 1.165) is 23.4 Å². The lowest BCUT2D eigenvalue weighted by molar-refractivity contribution is 0.414. The number of rotatable bonds is 5. The Hall–Kier alpha value is -1.16. The Balaban J connectivity index is 1.87. The number of aliphatic imine (C=N–C) groups is 1. The van der Waals surface area contributed by atoms with Crippen LogP contribution in [0.1, 0.15) is 38.8 Å². The van der Waals surface area contributed by atoms with E-state index in [9.17, 15) is 0 Å². The van der Waals surface area contributed by atoms with Gasteiger partial charge in [0, 0.05) is 5.25 Å². The highest BCUT2D eigenvalue weighted by Crippen LogP contribution is 2.27. The van der Waals surface area contributed by atoms with Crippen molar-refractivity contribution in [2.24, 2.45) is 10.9 Å². The Morgan fingerprint density at radius 3 is 2.60 bits per heavy atom. The SMILES string of the molecule is COc1ccc(C(C)NC2=NCC(CC(C)C)S2)cc1. The Labute approximate surface area is 126 Å². The molecule has 1 N–H and O–H groups in total. The maximum atomic E-state index is 5.19. The fraction of sp³-hybridized carbons (Fsp3) is 0.562. The third kappa shape index (κ3) is 4.17. The molecule has 0 aromatic heterocycles. The third-order valence-electron chi connectivity index (χ3n) is 3.41. The molecule has 0 saturated heterocycles. The largest absolute Gasteiger partial charge is 0.497 e. The summed E-state index contributed by atoms with van der Waals surface area (Å²) in [4.78, 5) is 4.61. The maximum Gasteiger partial charge on any atom is 0.157 e. The van der Waals surface area contributed by atoms with Crippen LogP contribution in [0.25, 0.3) is 0 Å². The molecule has 2 unspecified atom stereocenters. The van der Waals surface area contributed by atoms with Gasteiger partial charge in [0.05, 0.1) is 19.7 Å². The van der Waals surface area contributed by atoms with Crippen molar-refractivity contribution in [3.05, 3.63) is 29.8 Å². The molecule has 1 heterocycles. The molecular weight excluding hydrogens is 268 g/mol. The maximum absolute atomic E-state index is 5.19. The predicted molar refractivity (Wildman–Crippen MR) is 87.7 cm³/mol. The minimum Gasteiger partial charge on any atom is -0.497 e. The van der Waals surface area contributed by atoms with Gasteiger partial charge < -0.3 is 10.1 Å². The lowest BCUT2D eigenvalue weighted by Crippen LogP contribution is -2.23. The zero-order valence-corrected chi connectivity index (χ0v) is 13.5. The molecule has 0 fully saturated rings. The summed E-state index contributed by atoms with van der Waals surface area (Å²) in [5.41, 5.74) is 1.25. The Morgan fingerprint density at radius 1 is 1.30 bits per heavy atom. The summed E-state index contributed by atoms with van der Waals surface area (Å²) < 4.78 is 5.19. The van der Waals surface area contributed by atoms with Crippen LogP contribution >= 0.6 is 11.8 Å². The van der Waals surface area contributed by atoms with Gasteiger partial charge in [0.2, 0.25) is 0 Å². The first-order valence-electron chi connectivity index (χ1n) is 7.20. The summed E-state index contributed by atoms with van der Waals surface area (Å²) in [7, 11) is 1.69. The normalized spacial score (nSPS) is 19.9. The first kappa shape index (κ1) is 15.2. The molecule has 20 heavy (non-hydrogen) atoms. The van der Waals surface area contributed by atoms with Crippen LogP contribution in [0.2, 0.25) is 0 Å². The summed E-state index contributed by atoms with van der Waals surface area (Å²) in [6.45, 7) is 7.65. The molecule has 0 saturated carbocycles. The van der Waals surface area contributed by atoms with Gasteiger partial charge >= 0.3 is 0 Å². The standard InChI is InChI=1S/C16H24N2OS/c1-11(2)9-15-10-17-16(20-15)18-12(3)13-5-7-14(19-4)8-6-13/h5-8,11-12,15H,9-10H2,1-4H3,(H,17,18). The first-order valence-corrected chi connectivity index (χ1v) is 8.08. The van der Waals surface area contributed by atoms with Crippen molar-refractivity contribution in [2.75, 3.05) is 13.7 Å². The molecule has 3 nitrogen and oxygen atoms in total. The van der Waals surface area contributed by atoms with E-state index in [1.54, 1.807) is 7.11 Å². The van der Waals surface area contributed by atoms with Crippen LogP contribution in [0.15, 0.2) is 29.3 Å². The summed E-state index contributed by atoms with van der Waals surface area (Å²) >= 11 is 1.88. The molecule has 2 rings (SSSR count). The lowest BCUT2D eigenvalue weighted by atomic mass is 10.1. The van der Waals surface area contributed by atoms with Crippen LogP contribution in [-0.4, -0.2) is 24.1 Å². The van der Waals surface area contributed by atoms with Crippen molar-refractivity contribution >= 4 is 16.9 Å². The zero-order chi connectivity index (χ0) is 14.5. The van der Waals surface area contributed by atoms with Crippen molar-refractivity contribution < 1.29 is 4.74 Å². The molecule has 0 spiro atoms. The molecule has 110 valence electrons. The molecule has 4 heteroatoms. The van der Waals surface area contributed by atoms with Gasteiger partial charge in [-0.25, -0.2) is 0 Å². The van der Waals surface area contributed by atoms with Gasteiger partial charge in [-0.05, 0) is 37.0 Å². The van der Waals surface area contributed by atoms with Crippen molar-refractivity contribution in [1.29, 1.82) is 0 Å². The van der Waals surface area contributed by atoms with Crippen molar-refractivity contribution in [1.82, 2.24) is 5.32 Å². The van der Waals surface area contributed by atoms with E-state index < -0.39 is 0 Å². The fourth-order valence-electron chi connectivity index (χ4n) is 2.31. The smallest absolute Gasteiger partial charge is 0.157 e. The Morgan fingerprint density at radius 2 is 2.00 bits per heavy atom. The van der Waals surface area contributed by atoms with Crippen LogP contribution in [0.5, 0.6) is 5.75 Å². The molecule has 0 bridgehead atoms. The highest BCUT2D eigenvalue weighted by molar-refractivity contribution is 8.14. The Bertz CT molecular complexity index is 456. The summed E-state index contributed by atoms with van der Waals surface area (Å²) in [5.74, 6) is 1.63. The lowest BCUT2D eigenvalue weighted by Gasteiger charge is -2.16. The number of hydrogen-bond donors (Lipinski definition) is 1. The predicted octanol–water partition coefficient (Wildman–Crippen LogP) is 3.86. The van der Waals surface area contributed by atoms with Crippen LogP contribution in [0, 0.1) is 5.92 Å². The molecule has 1 aliphatic heterocycles. The number of benzene rings is 1. The van der Waals surface area contributed by atoms with E-state index in [4.69, 9.17) is 4.74 Å². The number of nitrogens with zero attached hydrogens (tertiary/aromatic N) is 1. The fourth-order valence-corrected chi connectivity index (χ4v) is 3.65. The molecule has 0 amide bonds. The quantitative estimate of drug-likeness (QED) is 0.894. The monoisotopic (exact) mass is 292 g/mol. The second kappa shape index (κ2) is 7.02. The van der Waals surface area contributed by atoms with E-state index in [2.05, 4.69) is 43.2 Å². The zero-order valence-electron chi connectivity index (χ0n) is 12.7. The average Bonchev–Trinajstić information content (AvgIpc) is 2.85. The van der Waals surface area contributed by atoms with E-state index in [1.807, 2.05) is 23.9 Å². The number of hydrogen-bond acceptors (Lipinski definition) is 4. The van der Waals surface area contributed by atoms with Gasteiger partial charge in [-0.15, -0.1) is 0 Å². The van der Waals surface area contributed by atoms with E-state index >= 15 is 0 Å². The summed E-state index contributed by atoms with van der Waals surface area (Å²) in [6.07, 6.45) is 1.23. The number of ether oxygens (including phenoxy) is 1. The van der Waals surface area contributed by atoms with Crippen LogP contribution in [0.4, 0.5) is 0 Å². The van der Waals surface area contributed by atoms with Crippen LogP contribution in [0.3, 0.4) is 0 Å². The van der Waals surface area contributed by atoms with E-state index in [0.29, 0.717) is 5.25 Å². The van der Waals surface area contributed by atoms with E-state index in [-0.39, 0.29) is 6.04 Å². The number of nitrogens with one attached hydrogen (secondary N) is 1. The highest BCUT2D eigenvalue weighted by atomic mass is 32.2. The highest BCUT2D eigenvalue weighted by Gasteiger charge is 2.21. The molecule has 0 radical (unpaired) electrons. The molecule has 1 aromatic carbocycles. The molecule has 1 aromatic rings. The van der Waals surface area contributed by atoms with Gasteiger partial charge in [0.25, 0.3) is 0 Å². The third-order valence-corrected chi connectivity index (χ3v) is 4.55. The van der Waals surface area contributed by atoms with Crippen LogP contribution < -0.4 is 10.1 Å². The van der Waals surface area contributed by atoms with Gasteiger partial charge in [-0.2, -0.15) is 0 Å². The molecule has 2 atom stereocenters. The first-order chi connectivity index (χ1) is 9.58. The molecule has 1 aliphatic rings. The second-order valence-electron chi connectivity index (χ2n) is 5.65. The van der Waals surface area contributed by atoms with Gasteiger partial charge in [0.15, 0.2) is 5.17 Å². The molecule has 0 aliphatic carbocycles. The Kier molecular flexibility index (Phi) is 5.35.